The van der Waals surface area contributed by atoms with E-state index in [-0.39, 0.29) is 5.82 Å². The average Bonchev–Trinajstić information content (AvgIpc) is 2.82. The molecule has 1 aromatic carbocycles. The van der Waals surface area contributed by atoms with Crippen molar-refractivity contribution in [3.8, 4) is 0 Å². The van der Waals surface area contributed by atoms with Gasteiger partial charge in [-0.2, -0.15) is 0 Å². The van der Waals surface area contributed by atoms with Crippen LogP contribution in [0.25, 0.3) is 0 Å². The summed E-state index contributed by atoms with van der Waals surface area (Å²) in [5.41, 5.74) is 1.44. The third kappa shape index (κ3) is 3.54. The first kappa shape index (κ1) is 13.5. The third-order valence-corrected chi connectivity index (χ3v) is 2.83. The van der Waals surface area contributed by atoms with Gasteiger partial charge in [-0.1, -0.05) is 6.07 Å². The van der Waals surface area contributed by atoms with Gasteiger partial charge in [0.2, 0.25) is 5.95 Å². The third-order valence-electron chi connectivity index (χ3n) is 2.83. The molecule has 0 aliphatic rings. The van der Waals surface area contributed by atoms with Gasteiger partial charge in [-0.3, -0.25) is 0 Å². The van der Waals surface area contributed by atoms with E-state index < -0.39 is 0 Å². The molecule has 2 rings (SSSR count). The maximum absolute atomic E-state index is 13.7. The minimum Gasteiger partial charge on any atom is -0.385 e. The lowest BCUT2D eigenvalue weighted by molar-refractivity contribution is 0.190. The first-order valence-corrected chi connectivity index (χ1v) is 6.24. The Morgan fingerprint density at radius 1 is 1.42 bits per heavy atom. The number of ether oxygens (including phenoxy) is 1. The summed E-state index contributed by atoms with van der Waals surface area (Å²) in [6.07, 6.45) is 4.45. The van der Waals surface area contributed by atoms with Crippen molar-refractivity contribution in [1.82, 2.24) is 9.55 Å². The van der Waals surface area contributed by atoms with E-state index in [4.69, 9.17) is 4.74 Å². The van der Waals surface area contributed by atoms with Gasteiger partial charge in [-0.25, -0.2) is 9.37 Å². The van der Waals surface area contributed by atoms with Crippen LogP contribution in [0.1, 0.15) is 12.0 Å². The fraction of sp³-hybridized carbons (Fsp3) is 0.357. The van der Waals surface area contributed by atoms with Crippen LogP contribution in [0, 0.1) is 12.7 Å². The largest absolute Gasteiger partial charge is 0.385 e. The summed E-state index contributed by atoms with van der Waals surface area (Å²) in [4.78, 5) is 4.21. The van der Waals surface area contributed by atoms with Crippen LogP contribution in [0.5, 0.6) is 0 Å². The molecule has 0 fully saturated rings. The van der Waals surface area contributed by atoms with Gasteiger partial charge in [0.15, 0.2) is 0 Å². The van der Waals surface area contributed by atoms with Crippen LogP contribution < -0.4 is 5.32 Å². The molecule has 0 amide bonds. The van der Waals surface area contributed by atoms with Gasteiger partial charge < -0.3 is 14.6 Å². The molecule has 102 valence electrons. The molecule has 5 heteroatoms. The van der Waals surface area contributed by atoms with Crippen LogP contribution in [-0.4, -0.2) is 23.3 Å². The lowest BCUT2D eigenvalue weighted by atomic mass is 10.2. The zero-order chi connectivity index (χ0) is 13.7. The molecule has 2 aromatic rings. The molecule has 1 N–H and O–H groups in total. The molecule has 4 nitrogen and oxygen atoms in total. The van der Waals surface area contributed by atoms with E-state index in [9.17, 15) is 4.39 Å². The van der Waals surface area contributed by atoms with E-state index in [0.29, 0.717) is 18.2 Å². The van der Waals surface area contributed by atoms with Crippen molar-refractivity contribution < 1.29 is 9.13 Å². The Kier molecular flexibility index (Phi) is 4.52. The summed E-state index contributed by atoms with van der Waals surface area (Å²) < 4.78 is 20.6. The maximum atomic E-state index is 13.7. The fourth-order valence-electron chi connectivity index (χ4n) is 1.85. The summed E-state index contributed by atoms with van der Waals surface area (Å²) in [7, 11) is 1.68. The van der Waals surface area contributed by atoms with E-state index >= 15 is 0 Å². The number of halogens is 1. The molecule has 0 aliphatic carbocycles. The van der Waals surface area contributed by atoms with E-state index in [1.807, 2.05) is 17.7 Å². The zero-order valence-corrected chi connectivity index (χ0v) is 11.2. The van der Waals surface area contributed by atoms with Crippen molar-refractivity contribution in [2.24, 2.45) is 0 Å². The maximum Gasteiger partial charge on any atom is 0.207 e. The summed E-state index contributed by atoms with van der Waals surface area (Å²) in [5.74, 6) is 0.359. The molecule has 1 heterocycles. The van der Waals surface area contributed by atoms with Crippen molar-refractivity contribution in [1.29, 1.82) is 0 Å². The smallest absolute Gasteiger partial charge is 0.207 e. The molecule has 0 bridgehead atoms. The molecular weight excluding hydrogens is 245 g/mol. The van der Waals surface area contributed by atoms with E-state index in [0.717, 1.165) is 18.5 Å². The second kappa shape index (κ2) is 6.33. The number of methoxy groups -OCH3 is 1. The molecule has 19 heavy (non-hydrogen) atoms. The van der Waals surface area contributed by atoms with E-state index in [1.165, 1.54) is 6.07 Å². The second-order valence-corrected chi connectivity index (χ2v) is 4.40. The van der Waals surface area contributed by atoms with Gasteiger partial charge in [-0.05, 0) is 31.0 Å². The minimum absolute atomic E-state index is 0.281. The first-order valence-electron chi connectivity index (χ1n) is 6.24. The zero-order valence-electron chi connectivity index (χ0n) is 11.2. The topological polar surface area (TPSA) is 39.1 Å². The number of nitrogens with zero attached hydrogens (tertiary/aromatic N) is 2. The fourth-order valence-corrected chi connectivity index (χ4v) is 1.85. The number of imidazole rings is 1. The lowest BCUT2D eigenvalue weighted by Gasteiger charge is -2.10. The lowest BCUT2D eigenvalue weighted by Crippen LogP contribution is -2.06. The Labute approximate surface area is 112 Å². The highest BCUT2D eigenvalue weighted by Crippen LogP contribution is 2.20. The van der Waals surface area contributed by atoms with Crippen molar-refractivity contribution >= 4 is 11.6 Å². The molecule has 0 saturated heterocycles. The Morgan fingerprint density at radius 2 is 2.26 bits per heavy atom. The SMILES string of the molecule is COCCCn1ccnc1Nc1cc(C)ccc1F. The van der Waals surface area contributed by atoms with Crippen LogP contribution in [0.4, 0.5) is 16.0 Å². The van der Waals surface area contributed by atoms with Crippen LogP contribution in [-0.2, 0) is 11.3 Å². The number of aromatic nitrogens is 2. The Bertz CT molecular complexity index is 539. The van der Waals surface area contributed by atoms with Crippen LogP contribution >= 0.6 is 0 Å². The molecule has 0 saturated carbocycles. The van der Waals surface area contributed by atoms with Gasteiger partial charge >= 0.3 is 0 Å². The van der Waals surface area contributed by atoms with Crippen LogP contribution in [0.15, 0.2) is 30.6 Å². The average molecular weight is 263 g/mol. The Balaban J connectivity index is 2.10. The van der Waals surface area contributed by atoms with Gasteiger partial charge in [0.1, 0.15) is 5.82 Å². The summed E-state index contributed by atoms with van der Waals surface area (Å²) in [6, 6.07) is 4.96. The van der Waals surface area contributed by atoms with Gasteiger partial charge in [0.25, 0.3) is 0 Å². The predicted octanol–water partition coefficient (Wildman–Crippen LogP) is 3.11. The van der Waals surface area contributed by atoms with Crippen molar-refractivity contribution in [2.45, 2.75) is 19.9 Å². The number of rotatable bonds is 6. The molecule has 0 spiro atoms. The van der Waals surface area contributed by atoms with Gasteiger partial charge in [0.05, 0.1) is 5.69 Å². The quantitative estimate of drug-likeness (QED) is 0.814. The van der Waals surface area contributed by atoms with Gasteiger partial charge in [-0.15, -0.1) is 0 Å². The molecule has 0 atom stereocenters. The monoisotopic (exact) mass is 263 g/mol. The van der Waals surface area contributed by atoms with Crippen LogP contribution in [0.2, 0.25) is 0 Å². The normalized spacial score (nSPS) is 10.7. The first-order chi connectivity index (χ1) is 9.20. The highest BCUT2D eigenvalue weighted by Gasteiger charge is 2.07. The van der Waals surface area contributed by atoms with E-state index in [2.05, 4.69) is 10.3 Å². The van der Waals surface area contributed by atoms with Crippen molar-refractivity contribution in [3.63, 3.8) is 0 Å². The number of aryl methyl sites for hydroxylation is 2. The Hall–Kier alpha value is -1.88. The molecule has 0 aliphatic heterocycles. The van der Waals surface area contributed by atoms with Crippen molar-refractivity contribution in [2.75, 3.05) is 19.0 Å². The molecular formula is C14H18FN3O. The predicted molar refractivity (Wildman–Crippen MR) is 73.1 cm³/mol. The molecule has 0 unspecified atom stereocenters. The van der Waals surface area contributed by atoms with Gasteiger partial charge in [0, 0.05) is 32.7 Å². The minimum atomic E-state index is -0.281. The van der Waals surface area contributed by atoms with Crippen LogP contribution in [0.3, 0.4) is 0 Å². The summed E-state index contributed by atoms with van der Waals surface area (Å²) in [6.45, 7) is 3.40. The van der Waals surface area contributed by atoms with Crippen molar-refractivity contribution in [3.05, 3.63) is 42.0 Å². The standard InChI is InChI=1S/C14H18FN3O/c1-11-4-5-12(15)13(10-11)17-14-16-6-8-18(14)7-3-9-19-2/h4-6,8,10H,3,7,9H2,1-2H3,(H,16,17). The number of nitrogens with one attached hydrogen (secondary N) is 1. The highest BCUT2D eigenvalue weighted by atomic mass is 19.1. The highest BCUT2D eigenvalue weighted by molar-refractivity contribution is 5.55. The summed E-state index contributed by atoms with van der Waals surface area (Å²) in [5, 5.41) is 3.02. The Morgan fingerprint density at radius 3 is 3.05 bits per heavy atom. The second-order valence-electron chi connectivity index (χ2n) is 4.40. The number of benzene rings is 1. The summed E-state index contributed by atoms with van der Waals surface area (Å²) >= 11 is 0. The number of hydrogen-bond donors (Lipinski definition) is 1. The van der Waals surface area contributed by atoms with E-state index in [1.54, 1.807) is 25.4 Å². The number of anilines is 2. The molecule has 1 aromatic heterocycles. The number of hydrogen-bond acceptors (Lipinski definition) is 3. The molecule has 0 radical (unpaired) electrons.